The first-order valence-electron chi connectivity index (χ1n) is 7.91. The molecule has 1 aliphatic rings. The van der Waals surface area contributed by atoms with Crippen LogP contribution in [0.25, 0.3) is 0 Å². The van der Waals surface area contributed by atoms with Crippen molar-refractivity contribution in [3.8, 4) is 0 Å². The van der Waals surface area contributed by atoms with Gasteiger partial charge in [-0.2, -0.15) is 0 Å². The first-order valence-corrected chi connectivity index (χ1v) is 7.91. The van der Waals surface area contributed by atoms with Gasteiger partial charge in [0.25, 0.3) is 0 Å². The second kappa shape index (κ2) is 8.71. The van der Waals surface area contributed by atoms with Crippen LogP contribution in [0, 0.1) is 0 Å². The summed E-state index contributed by atoms with van der Waals surface area (Å²) >= 11 is 0. The third-order valence-corrected chi connectivity index (χ3v) is 4.11. The van der Waals surface area contributed by atoms with E-state index >= 15 is 0 Å². The van der Waals surface area contributed by atoms with Gasteiger partial charge in [0.05, 0.1) is 19.3 Å². The molecule has 0 spiro atoms. The minimum atomic E-state index is -0.696. The molecule has 3 unspecified atom stereocenters. The van der Waals surface area contributed by atoms with Gasteiger partial charge < -0.3 is 14.2 Å². The van der Waals surface area contributed by atoms with Crippen LogP contribution < -0.4 is 5.32 Å². The van der Waals surface area contributed by atoms with E-state index in [1.807, 2.05) is 20.8 Å². The minimum absolute atomic E-state index is 0.210. The highest BCUT2D eigenvalue weighted by atomic mass is 16.5. The third kappa shape index (κ3) is 5.93. The van der Waals surface area contributed by atoms with Gasteiger partial charge in [0.2, 0.25) is 0 Å². The van der Waals surface area contributed by atoms with Gasteiger partial charge in [0.1, 0.15) is 5.54 Å². The molecule has 1 rings (SSSR count). The molecule has 0 radical (unpaired) electrons. The highest BCUT2D eigenvalue weighted by molar-refractivity contribution is 5.80. The molecule has 0 heterocycles. The van der Waals surface area contributed by atoms with E-state index in [9.17, 15) is 4.79 Å². The normalized spacial score (nSPS) is 25.6. The van der Waals surface area contributed by atoms with Crippen molar-refractivity contribution >= 4 is 5.97 Å². The van der Waals surface area contributed by atoms with Crippen LogP contribution in [0.2, 0.25) is 0 Å². The van der Waals surface area contributed by atoms with Crippen LogP contribution in [0.4, 0.5) is 0 Å². The van der Waals surface area contributed by atoms with Crippen molar-refractivity contribution in [2.24, 2.45) is 0 Å². The number of methoxy groups -OCH3 is 2. The molecule has 0 bridgehead atoms. The molecule has 0 aromatic carbocycles. The topological polar surface area (TPSA) is 56.8 Å². The Kier molecular flexibility index (Phi) is 7.63. The number of hydrogen-bond donors (Lipinski definition) is 1. The van der Waals surface area contributed by atoms with E-state index in [2.05, 4.69) is 5.32 Å². The first kappa shape index (κ1) is 18.4. The average Bonchev–Trinajstić information content (AvgIpc) is 2.45. The summed E-state index contributed by atoms with van der Waals surface area (Å²) < 4.78 is 16.3. The molecule has 0 aromatic rings. The van der Waals surface area contributed by atoms with Crippen LogP contribution in [0.1, 0.15) is 52.9 Å². The molecule has 1 N–H and O–H groups in total. The molecule has 0 amide bonds. The number of esters is 1. The number of hydrogen-bond acceptors (Lipinski definition) is 5. The predicted octanol–water partition coefficient (Wildman–Crippen LogP) is 2.28. The quantitative estimate of drug-likeness (QED) is 0.697. The lowest BCUT2D eigenvalue weighted by Gasteiger charge is -2.32. The molecular formula is C16H31NO4. The number of carbonyl (C=O) groups is 1. The Balaban J connectivity index is 2.44. The van der Waals surface area contributed by atoms with Crippen LogP contribution in [0.15, 0.2) is 0 Å². The summed E-state index contributed by atoms with van der Waals surface area (Å²) in [6.07, 6.45) is 5.43. The van der Waals surface area contributed by atoms with Crippen molar-refractivity contribution in [1.29, 1.82) is 0 Å². The van der Waals surface area contributed by atoms with Crippen molar-refractivity contribution < 1.29 is 19.0 Å². The molecule has 124 valence electrons. The minimum Gasteiger partial charge on any atom is -0.468 e. The SMILES string of the molecule is COC(=O)C(C)(CCOC1CCCC(OC)C1)NC(C)C. The zero-order valence-electron chi connectivity index (χ0n) is 14.1. The zero-order valence-corrected chi connectivity index (χ0v) is 14.1. The van der Waals surface area contributed by atoms with Crippen molar-refractivity contribution in [3.63, 3.8) is 0 Å². The van der Waals surface area contributed by atoms with Crippen molar-refractivity contribution in [2.75, 3.05) is 20.8 Å². The molecule has 5 heteroatoms. The van der Waals surface area contributed by atoms with Gasteiger partial charge in [-0.3, -0.25) is 10.1 Å². The fourth-order valence-corrected chi connectivity index (χ4v) is 2.99. The van der Waals surface area contributed by atoms with Gasteiger partial charge in [-0.15, -0.1) is 0 Å². The van der Waals surface area contributed by atoms with E-state index < -0.39 is 5.54 Å². The summed E-state index contributed by atoms with van der Waals surface area (Å²) in [6, 6.07) is 0.210. The lowest BCUT2D eigenvalue weighted by molar-refractivity contribution is -0.149. The molecule has 3 atom stereocenters. The summed E-state index contributed by atoms with van der Waals surface area (Å²) in [5.41, 5.74) is -0.696. The van der Waals surface area contributed by atoms with Gasteiger partial charge in [0.15, 0.2) is 0 Å². The Morgan fingerprint density at radius 2 is 1.95 bits per heavy atom. The second-order valence-corrected chi connectivity index (χ2v) is 6.39. The van der Waals surface area contributed by atoms with E-state index in [1.54, 1.807) is 7.11 Å². The molecule has 0 aromatic heterocycles. The lowest BCUT2D eigenvalue weighted by Crippen LogP contribution is -2.53. The van der Waals surface area contributed by atoms with Crippen LogP contribution in [-0.4, -0.2) is 50.6 Å². The van der Waals surface area contributed by atoms with Crippen molar-refractivity contribution in [2.45, 2.75) is 76.7 Å². The van der Waals surface area contributed by atoms with Gasteiger partial charge in [-0.05, 0) is 52.9 Å². The number of carbonyl (C=O) groups excluding carboxylic acids is 1. The molecule has 1 saturated carbocycles. The summed E-state index contributed by atoms with van der Waals surface area (Å²) in [6.45, 7) is 6.46. The number of nitrogens with one attached hydrogen (secondary N) is 1. The van der Waals surface area contributed by atoms with Gasteiger partial charge >= 0.3 is 5.97 Å². The largest absolute Gasteiger partial charge is 0.468 e. The van der Waals surface area contributed by atoms with Crippen LogP contribution >= 0.6 is 0 Å². The lowest BCUT2D eigenvalue weighted by atomic mass is 9.94. The standard InChI is InChI=1S/C16H31NO4/c1-12(2)17-16(3,15(18)20-5)9-10-21-14-8-6-7-13(11-14)19-4/h12-14,17H,6-11H2,1-5H3. The van der Waals surface area contributed by atoms with Gasteiger partial charge in [0, 0.05) is 19.8 Å². The molecule has 1 aliphatic carbocycles. The third-order valence-electron chi connectivity index (χ3n) is 4.11. The van der Waals surface area contributed by atoms with E-state index in [0.717, 1.165) is 25.7 Å². The molecule has 0 saturated heterocycles. The Hall–Kier alpha value is -0.650. The molecule has 5 nitrogen and oxygen atoms in total. The van der Waals surface area contributed by atoms with Crippen molar-refractivity contribution in [1.82, 2.24) is 5.32 Å². The van der Waals surface area contributed by atoms with Gasteiger partial charge in [-0.25, -0.2) is 0 Å². The zero-order chi connectivity index (χ0) is 15.9. The predicted molar refractivity (Wildman–Crippen MR) is 82.3 cm³/mol. The Morgan fingerprint density at radius 1 is 1.29 bits per heavy atom. The fourth-order valence-electron chi connectivity index (χ4n) is 2.99. The average molecular weight is 301 g/mol. The van der Waals surface area contributed by atoms with E-state index in [0.29, 0.717) is 19.1 Å². The number of rotatable bonds is 8. The van der Waals surface area contributed by atoms with Crippen LogP contribution in [-0.2, 0) is 19.0 Å². The highest BCUT2D eigenvalue weighted by Gasteiger charge is 2.35. The van der Waals surface area contributed by atoms with E-state index in [4.69, 9.17) is 14.2 Å². The summed E-state index contributed by atoms with van der Waals surface area (Å²) in [5, 5.41) is 3.29. The second-order valence-electron chi connectivity index (χ2n) is 6.39. The maximum Gasteiger partial charge on any atom is 0.325 e. The van der Waals surface area contributed by atoms with Crippen LogP contribution in [0.3, 0.4) is 0 Å². The Labute approximate surface area is 128 Å². The number of ether oxygens (including phenoxy) is 3. The van der Waals surface area contributed by atoms with E-state index in [1.165, 1.54) is 7.11 Å². The van der Waals surface area contributed by atoms with Gasteiger partial charge in [-0.1, -0.05) is 0 Å². The highest BCUT2D eigenvalue weighted by Crippen LogP contribution is 2.24. The summed E-state index contributed by atoms with van der Waals surface area (Å²) in [5.74, 6) is -0.238. The maximum atomic E-state index is 12.0. The monoisotopic (exact) mass is 301 g/mol. The first-order chi connectivity index (χ1) is 9.91. The molecule has 21 heavy (non-hydrogen) atoms. The maximum absolute atomic E-state index is 12.0. The van der Waals surface area contributed by atoms with E-state index in [-0.39, 0.29) is 18.1 Å². The fraction of sp³-hybridized carbons (Fsp3) is 0.938. The molecular weight excluding hydrogens is 270 g/mol. The molecule has 0 aliphatic heterocycles. The smallest absolute Gasteiger partial charge is 0.325 e. The van der Waals surface area contributed by atoms with Crippen LogP contribution in [0.5, 0.6) is 0 Å². The van der Waals surface area contributed by atoms with Crippen molar-refractivity contribution in [3.05, 3.63) is 0 Å². The molecule has 1 fully saturated rings. The Morgan fingerprint density at radius 3 is 2.52 bits per heavy atom. The Bertz CT molecular complexity index is 321. The summed E-state index contributed by atoms with van der Waals surface area (Å²) in [7, 11) is 3.18. The summed E-state index contributed by atoms with van der Waals surface area (Å²) in [4.78, 5) is 12.0.